The van der Waals surface area contributed by atoms with Crippen molar-refractivity contribution in [2.24, 2.45) is 0 Å². The molecule has 0 aliphatic heterocycles. The zero-order valence-corrected chi connectivity index (χ0v) is 16.1. The minimum absolute atomic E-state index is 0.600. The fraction of sp³-hybridized carbons (Fsp3) is 0.318. The van der Waals surface area contributed by atoms with E-state index in [1.807, 2.05) is 62.5 Å². The van der Waals surface area contributed by atoms with Crippen molar-refractivity contribution >= 4 is 0 Å². The van der Waals surface area contributed by atoms with Crippen LogP contribution in [0.15, 0.2) is 59.1 Å². The van der Waals surface area contributed by atoms with Crippen molar-refractivity contribution in [3.63, 3.8) is 0 Å². The van der Waals surface area contributed by atoms with Gasteiger partial charge in [-0.3, -0.25) is 9.88 Å². The smallest absolute Gasteiger partial charge is 0.161 e. The van der Waals surface area contributed by atoms with Crippen LogP contribution in [0, 0.1) is 6.92 Å². The molecule has 27 heavy (non-hydrogen) atoms. The van der Waals surface area contributed by atoms with Crippen LogP contribution in [0.25, 0.3) is 0 Å². The van der Waals surface area contributed by atoms with Gasteiger partial charge in [0.15, 0.2) is 11.5 Å². The van der Waals surface area contributed by atoms with Crippen molar-refractivity contribution in [2.45, 2.75) is 33.5 Å². The van der Waals surface area contributed by atoms with Crippen molar-refractivity contribution in [3.8, 4) is 11.5 Å². The molecule has 1 aromatic carbocycles. The van der Waals surface area contributed by atoms with Gasteiger partial charge in [0, 0.05) is 19.3 Å². The maximum Gasteiger partial charge on any atom is 0.161 e. The van der Waals surface area contributed by atoms with Crippen molar-refractivity contribution in [1.29, 1.82) is 0 Å². The van der Waals surface area contributed by atoms with E-state index in [2.05, 4.69) is 16.0 Å². The summed E-state index contributed by atoms with van der Waals surface area (Å²) in [6.45, 7) is 6.73. The molecule has 0 atom stereocenters. The zero-order chi connectivity index (χ0) is 19.1. The monoisotopic (exact) mass is 366 g/mol. The van der Waals surface area contributed by atoms with E-state index >= 15 is 0 Å². The lowest BCUT2D eigenvalue weighted by Crippen LogP contribution is -2.22. The summed E-state index contributed by atoms with van der Waals surface area (Å²) in [4.78, 5) is 6.77. The lowest BCUT2D eigenvalue weighted by Gasteiger charge is -2.22. The Morgan fingerprint density at radius 1 is 1.00 bits per heavy atom. The van der Waals surface area contributed by atoms with Gasteiger partial charge < -0.3 is 13.9 Å². The summed E-state index contributed by atoms with van der Waals surface area (Å²) >= 11 is 0. The minimum Gasteiger partial charge on any atom is -0.493 e. The predicted molar refractivity (Wildman–Crippen MR) is 105 cm³/mol. The molecule has 5 heteroatoms. The van der Waals surface area contributed by atoms with Gasteiger partial charge in [-0.05, 0) is 55.8 Å². The fourth-order valence-electron chi connectivity index (χ4n) is 3.02. The molecule has 3 rings (SSSR count). The highest BCUT2D eigenvalue weighted by Crippen LogP contribution is 2.29. The first-order chi connectivity index (χ1) is 13.2. The Hall–Kier alpha value is -2.79. The van der Waals surface area contributed by atoms with Gasteiger partial charge in [0.1, 0.15) is 11.5 Å². The summed E-state index contributed by atoms with van der Waals surface area (Å²) in [5.41, 5.74) is 2.18. The average molecular weight is 366 g/mol. The summed E-state index contributed by atoms with van der Waals surface area (Å²) in [7, 11) is 1.66. The number of aryl methyl sites for hydroxylation is 1. The van der Waals surface area contributed by atoms with Gasteiger partial charge in [-0.1, -0.05) is 12.1 Å². The SMILES string of the molecule is CCOc1cc(CN(Cc2ccccn2)Cc2ccc(C)o2)ccc1OC. The van der Waals surface area contributed by atoms with Gasteiger partial charge >= 0.3 is 0 Å². The van der Waals surface area contributed by atoms with Crippen LogP contribution in [0.5, 0.6) is 11.5 Å². The summed E-state index contributed by atoms with van der Waals surface area (Å²) in [6.07, 6.45) is 1.82. The third-order valence-corrected chi connectivity index (χ3v) is 4.22. The van der Waals surface area contributed by atoms with Crippen LogP contribution in [0.2, 0.25) is 0 Å². The Morgan fingerprint density at radius 3 is 2.56 bits per heavy atom. The van der Waals surface area contributed by atoms with E-state index in [0.29, 0.717) is 13.2 Å². The maximum absolute atomic E-state index is 5.78. The first kappa shape index (κ1) is 19.0. The second-order valence-electron chi connectivity index (χ2n) is 6.40. The Balaban J connectivity index is 1.80. The average Bonchev–Trinajstić information content (AvgIpc) is 3.08. The molecular weight excluding hydrogens is 340 g/mol. The van der Waals surface area contributed by atoms with Crippen LogP contribution >= 0.6 is 0 Å². The van der Waals surface area contributed by atoms with Crippen LogP contribution in [0.4, 0.5) is 0 Å². The molecule has 0 fully saturated rings. The Kier molecular flexibility index (Phi) is 6.49. The minimum atomic E-state index is 0.600. The van der Waals surface area contributed by atoms with Gasteiger partial charge in [0.25, 0.3) is 0 Å². The molecular formula is C22H26N2O3. The lowest BCUT2D eigenvalue weighted by molar-refractivity contribution is 0.222. The number of hydrogen-bond acceptors (Lipinski definition) is 5. The molecule has 0 spiro atoms. The molecule has 3 aromatic rings. The second kappa shape index (κ2) is 9.24. The number of aromatic nitrogens is 1. The van der Waals surface area contributed by atoms with Gasteiger partial charge in [0.05, 0.1) is 26.0 Å². The van der Waals surface area contributed by atoms with Crippen molar-refractivity contribution in [2.75, 3.05) is 13.7 Å². The largest absolute Gasteiger partial charge is 0.493 e. The molecule has 142 valence electrons. The standard InChI is InChI=1S/C22H26N2O3/c1-4-26-22-13-18(9-11-21(22)25-3)14-24(15-19-7-5-6-12-23-19)16-20-10-8-17(2)27-20/h5-13H,4,14-16H2,1-3H3. The van der Waals surface area contributed by atoms with E-state index in [9.17, 15) is 0 Å². The first-order valence-corrected chi connectivity index (χ1v) is 9.15. The molecule has 0 aliphatic carbocycles. The highest BCUT2D eigenvalue weighted by Gasteiger charge is 2.13. The van der Waals surface area contributed by atoms with Crippen LogP contribution in [0.3, 0.4) is 0 Å². The topological polar surface area (TPSA) is 47.7 Å². The van der Waals surface area contributed by atoms with E-state index in [0.717, 1.165) is 47.4 Å². The molecule has 2 aromatic heterocycles. The van der Waals surface area contributed by atoms with Crippen LogP contribution in [-0.4, -0.2) is 23.6 Å². The number of furan rings is 1. The highest BCUT2D eigenvalue weighted by atomic mass is 16.5. The van der Waals surface area contributed by atoms with Gasteiger partial charge in [0.2, 0.25) is 0 Å². The van der Waals surface area contributed by atoms with Crippen LogP contribution < -0.4 is 9.47 Å². The third-order valence-electron chi connectivity index (χ3n) is 4.22. The number of methoxy groups -OCH3 is 1. The normalized spacial score (nSPS) is 11.0. The molecule has 0 saturated heterocycles. The number of pyridine rings is 1. The second-order valence-corrected chi connectivity index (χ2v) is 6.40. The number of hydrogen-bond donors (Lipinski definition) is 0. The molecule has 0 aliphatic rings. The number of rotatable bonds is 9. The zero-order valence-electron chi connectivity index (χ0n) is 16.1. The number of benzene rings is 1. The molecule has 2 heterocycles. The summed E-state index contributed by atoms with van der Waals surface area (Å²) in [6, 6.07) is 16.1. The quantitative estimate of drug-likeness (QED) is 0.554. The molecule has 0 radical (unpaired) electrons. The summed E-state index contributed by atoms with van der Waals surface area (Å²) in [5.74, 6) is 3.38. The van der Waals surface area contributed by atoms with Gasteiger partial charge in [-0.15, -0.1) is 0 Å². The molecule has 0 saturated carbocycles. The molecule has 0 N–H and O–H groups in total. The van der Waals surface area contributed by atoms with Gasteiger partial charge in [-0.2, -0.15) is 0 Å². The lowest BCUT2D eigenvalue weighted by atomic mass is 10.1. The van der Waals surface area contributed by atoms with E-state index < -0.39 is 0 Å². The Morgan fingerprint density at radius 2 is 1.89 bits per heavy atom. The van der Waals surface area contributed by atoms with Gasteiger partial charge in [-0.25, -0.2) is 0 Å². The fourth-order valence-corrected chi connectivity index (χ4v) is 3.02. The first-order valence-electron chi connectivity index (χ1n) is 9.15. The number of ether oxygens (including phenoxy) is 2. The third kappa shape index (κ3) is 5.34. The molecule has 0 amide bonds. The van der Waals surface area contributed by atoms with Crippen LogP contribution in [-0.2, 0) is 19.6 Å². The van der Waals surface area contributed by atoms with Crippen molar-refractivity contribution < 1.29 is 13.9 Å². The predicted octanol–water partition coefficient (Wildman–Crippen LogP) is 4.59. The summed E-state index contributed by atoms with van der Waals surface area (Å²) in [5, 5.41) is 0. The Labute approximate surface area is 160 Å². The highest BCUT2D eigenvalue weighted by molar-refractivity contribution is 5.43. The van der Waals surface area contributed by atoms with Crippen molar-refractivity contribution in [1.82, 2.24) is 9.88 Å². The van der Waals surface area contributed by atoms with Crippen LogP contribution in [0.1, 0.15) is 29.7 Å². The molecule has 0 unspecified atom stereocenters. The van der Waals surface area contributed by atoms with E-state index in [-0.39, 0.29) is 0 Å². The van der Waals surface area contributed by atoms with Crippen molar-refractivity contribution in [3.05, 3.63) is 77.5 Å². The van der Waals surface area contributed by atoms with E-state index in [1.165, 1.54) is 0 Å². The van der Waals surface area contributed by atoms with E-state index in [4.69, 9.17) is 13.9 Å². The van der Waals surface area contributed by atoms with E-state index in [1.54, 1.807) is 7.11 Å². The number of nitrogens with zero attached hydrogens (tertiary/aromatic N) is 2. The molecule has 0 bridgehead atoms. The maximum atomic E-state index is 5.78. The summed E-state index contributed by atoms with van der Waals surface area (Å²) < 4.78 is 16.9. The molecule has 5 nitrogen and oxygen atoms in total. The Bertz CT molecular complexity index is 846.